The first kappa shape index (κ1) is 13.3. The van der Waals surface area contributed by atoms with Crippen LogP contribution < -0.4 is 10.1 Å². The second-order valence-electron chi connectivity index (χ2n) is 4.94. The molecular formula is C14H21FN2O. The molecule has 1 aliphatic rings. The van der Waals surface area contributed by atoms with Gasteiger partial charge >= 0.3 is 0 Å². The van der Waals surface area contributed by atoms with Gasteiger partial charge in [0.25, 0.3) is 0 Å². The fourth-order valence-electron chi connectivity index (χ4n) is 2.15. The molecule has 1 heterocycles. The highest BCUT2D eigenvalue weighted by Crippen LogP contribution is 2.22. The summed E-state index contributed by atoms with van der Waals surface area (Å²) in [6.07, 6.45) is 0.109. The Balaban J connectivity index is 2.10. The molecule has 0 aliphatic carbocycles. The molecule has 0 radical (unpaired) electrons. The van der Waals surface area contributed by atoms with Gasteiger partial charge in [0.2, 0.25) is 0 Å². The average Bonchev–Trinajstić information content (AvgIpc) is 2.33. The molecule has 0 atom stereocenters. The van der Waals surface area contributed by atoms with Gasteiger partial charge in [-0.15, -0.1) is 0 Å². The van der Waals surface area contributed by atoms with E-state index in [1.54, 1.807) is 12.1 Å². The summed E-state index contributed by atoms with van der Waals surface area (Å²) in [6.45, 7) is 8.71. The van der Waals surface area contributed by atoms with Crippen LogP contribution >= 0.6 is 0 Å². The summed E-state index contributed by atoms with van der Waals surface area (Å²) in [5.41, 5.74) is 0.936. The Morgan fingerprint density at radius 3 is 2.72 bits per heavy atom. The van der Waals surface area contributed by atoms with E-state index in [4.69, 9.17) is 4.74 Å². The molecule has 0 amide bonds. The summed E-state index contributed by atoms with van der Waals surface area (Å²) in [6, 6.07) is 4.77. The number of benzene rings is 1. The van der Waals surface area contributed by atoms with E-state index < -0.39 is 0 Å². The van der Waals surface area contributed by atoms with E-state index >= 15 is 0 Å². The van der Waals surface area contributed by atoms with E-state index in [0.29, 0.717) is 0 Å². The second kappa shape index (κ2) is 6.16. The van der Waals surface area contributed by atoms with Crippen molar-refractivity contribution >= 4 is 0 Å². The highest BCUT2D eigenvalue weighted by Gasteiger charge is 2.14. The fourth-order valence-corrected chi connectivity index (χ4v) is 2.15. The van der Waals surface area contributed by atoms with Crippen LogP contribution in [0.25, 0.3) is 0 Å². The highest BCUT2D eigenvalue weighted by atomic mass is 19.1. The third kappa shape index (κ3) is 3.68. The lowest BCUT2D eigenvalue weighted by molar-refractivity contribution is 0.214. The third-order valence-electron chi connectivity index (χ3n) is 2.99. The first-order valence-electron chi connectivity index (χ1n) is 6.53. The number of piperazine rings is 1. The maximum absolute atomic E-state index is 13.4. The lowest BCUT2D eigenvalue weighted by Crippen LogP contribution is -2.42. The lowest BCUT2D eigenvalue weighted by Gasteiger charge is -2.28. The molecule has 0 spiro atoms. The standard InChI is InChI=1S/C14H21FN2O/c1-11(2)18-14-4-3-13(15)9-12(14)10-17-7-5-16-6-8-17/h3-4,9,11,16H,5-8,10H2,1-2H3. The van der Waals surface area contributed by atoms with E-state index in [2.05, 4.69) is 10.2 Å². The number of nitrogens with zero attached hydrogens (tertiary/aromatic N) is 1. The molecule has 0 aromatic heterocycles. The van der Waals surface area contributed by atoms with Gasteiger partial charge in [0.1, 0.15) is 11.6 Å². The van der Waals surface area contributed by atoms with Crippen molar-refractivity contribution in [2.24, 2.45) is 0 Å². The van der Waals surface area contributed by atoms with Crippen LogP contribution in [0.4, 0.5) is 4.39 Å². The summed E-state index contributed by atoms with van der Waals surface area (Å²) in [7, 11) is 0. The van der Waals surface area contributed by atoms with Crippen molar-refractivity contribution in [3.05, 3.63) is 29.6 Å². The summed E-state index contributed by atoms with van der Waals surface area (Å²) >= 11 is 0. The summed E-state index contributed by atoms with van der Waals surface area (Å²) < 4.78 is 19.1. The van der Waals surface area contributed by atoms with Gasteiger partial charge in [0.15, 0.2) is 0 Å². The average molecular weight is 252 g/mol. The van der Waals surface area contributed by atoms with Gasteiger partial charge in [-0.05, 0) is 32.0 Å². The molecule has 4 heteroatoms. The summed E-state index contributed by atoms with van der Waals surface area (Å²) in [4.78, 5) is 2.32. The fraction of sp³-hybridized carbons (Fsp3) is 0.571. The number of halogens is 1. The van der Waals surface area contributed by atoms with E-state index in [1.165, 1.54) is 6.07 Å². The Morgan fingerprint density at radius 1 is 1.33 bits per heavy atom. The predicted octanol–water partition coefficient (Wildman–Crippen LogP) is 2.02. The number of nitrogens with one attached hydrogen (secondary N) is 1. The largest absolute Gasteiger partial charge is 0.491 e. The van der Waals surface area contributed by atoms with Crippen LogP contribution in [0.2, 0.25) is 0 Å². The SMILES string of the molecule is CC(C)Oc1ccc(F)cc1CN1CCNCC1. The van der Waals surface area contributed by atoms with Gasteiger partial charge in [-0.1, -0.05) is 0 Å². The van der Waals surface area contributed by atoms with Crippen LogP contribution in [0.5, 0.6) is 5.75 Å². The minimum atomic E-state index is -0.198. The molecule has 1 aromatic rings. The van der Waals surface area contributed by atoms with Crippen LogP contribution in [0.3, 0.4) is 0 Å². The third-order valence-corrected chi connectivity index (χ3v) is 2.99. The van der Waals surface area contributed by atoms with Crippen molar-refractivity contribution in [3.8, 4) is 5.75 Å². The van der Waals surface area contributed by atoms with Crippen molar-refractivity contribution < 1.29 is 9.13 Å². The van der Waals surface area contributed by atoms with Gasteiger partial charge in [-0.2, -0.15) is 0 Å². The zero-order valence-electron chi connectivity index (χ0n) is 11.1. The van der Waals surface area contributed by atoms with Crippen LogP contribution in [-0.2, 0) is 6.54 Å². The molecule has 3 nitrogen and oxygen atoms in total. The minimum Gasteiger partial charge on any atom is -0.491 e. The first-order valence-corrected chi connectivity index (χ1v) is 6.53. The molecule has 0 bridgehead atoms. The molecular weight excluding hydrogens is 231 g/mol. The lowest BCUT2D eigenvalue weighted by atomic mass is 10.1. The molecule has 1 aliphatic heterocycles. The summed E-state index contributed by atoms with van der Waals surface area (Å²) in [5.74, 6) is 0.598. The molecule has 0 unspecified atom stereocenters. The monoisotopic (exact) mass is 252 g/mol. The van der Waals surface area contributed by atoms with E-state index in [0.717, 1.165) is 44.0 Å². The predicted molar refractivity (Wildman–Crippen MR) is 70.3 cm³/mol. The number of rotatable bonds is 4. The van der Waals surface area contributed by atoms with Crippen molar-refractivity contribution in [1.29, 1.82) is 0 Å². The van der Waals surface area contributed by atoms with Crippen molar-refractivity contribution in [3.63, 3.8) is 0 Å². The normalized spacial score (nSPS) is 17.1. The van der Waals surface area contributed by atoms with E-state index in [-0.39, 0.29) is 11.9 Å². The van der Waals surface area contributed by atoms with Crippen molar-refractivity contribution in [2.75, 3.05) is 26.2 Å². The zero-order chi connectivity index (χ0) is 13.0. The minimum absolute atomic E-state index is 0.109. The molecule has 18 heavy (non-hydrogen) atoms. The molecule has 1 saturated heterocycles. The molecule has 1 fully saturated rings. The topological polar surface area (TPSA) is 24.5 Å². The van der Waals surface area contributed by atoms with Crippen LogP contribution in [0, 0.1) is 5.82 Å². The molecule has 1 aromatic carbocycles. The Labute approximate surface area is 108 Å². The van der Waals surface area contributed by atoms with Crippen LogP contribution in [0.15, 0.2) is 18.2 Å². The van der Waals surface area contributed by atoms with Crippen LogP contribution in [0.1, 0.15) is 19.4 Å². The highest BCUT2D eigenvalue weighted by molar-refractivity contribution is 5.34. The quantitative estimate of drug-likeness (QED) is 0.887. The molecule has 100 valence electrons. The van der Waals surface area contributed by atoms with Crippen molar-refractivity contribution in [1.82, 2.24) is 10.2 Å². The van der Waals surface area contributed by atoms with Gasteiger partial charge in [-0.25, -0.2) is 4.39 Å². The Hall–Kier alpha value is -1.13. The van der Waals surface area contributed by atoms with Gasteiger partial charge in [-0.3, -0.25) is 4.90 Å². The molecule has 2 rings (SSSR count). The maximum Gasteiger partial charge on any atom is 0.124 e. The van der Waals surface area contributed by atoms with Crippen LogP contribution in [-0.4, -0.2) is 37.2 Å². The van der Waals surface area contributed by atoms with Gasteiger partial charge in [0.05, 0.1) is 6.10 Å². The van der Waals surface area contributed by atoms with E-state index in [1.807, 2.05) is 13.8 Å². The number of hydrogen-bond donors (Lipinski definition) is 1. The Morgan fingerprint density at radius 2 is 2.06 bits per heavy atom. The molecule has 0 saturated carbocycles. The number of hydrogen-bond acceptors (Lipinski definition) is 3. The van der Waals surface area contributed by atoms with E-state index in [9.17, 15) is 4.39 Å². The van der Waals surface area contributed by atoms with Gasteiger partial charge < -0.3 is 10.1 Å². The maximum atomic E-state index is 13.4. The Kier molecular flexibility index (Phi) is 4.55. The first-order chi connectivity index (χ1) is 8.65. The second-order valence-corrected chi connectivity index (χ2v) is 4.94. The van der Waals surface area contributed by atoms with Crippen molar-refractivity contribution in [2.45, 2.75) is 26.5 Å². The Bertz CT molecular complexity index is 389. The molecule has 1 N–H and O–H groups in total. The summed E-state index contributed by atoms with van der Waals surface area (Å²) in [5, 5.41) is 3.31. The number of ether oxygens (including phenoxy) is 1. The smallest absolute Gasteiger partial charge is 0.124 e. The zero-order valence-corrected chi connectivity index (χ0v) is 11.1. The van der Waals surface area contributed by atoms with Gasteiger partial charge in [0, 0.05) is 38.3 Å².